The van der Waals surface area contributed by atoms with Crippen LogP contribution in [0.25, 0.3) is 11.0 Å². The zero-order chi connectivity index (χ0) is 17.8. The first-order valence-electron chi connectivity index (χ1n) is 7.98. The van der Waals surface area contributed by atoms with E-state index in [0.29, 0.717) is 35.6 Å². The molecule has 0 bridgehead atoms. The Morgan fingerprint density at radius 3 is 2.84 bits per heavy atom. The maximum atomic E-state index is 12.3. The van der Waals surface area contributed by atoms with Crippen LogP contribution in [-0.2, 0) is 17.8 Å². The molecule has 1 N–H and O–H groups in total. The van der Waals surface area contributed by atoms with Crippen LogP contribution < -0.4 is 15.7 Å². The minimum absolute atomic E-state index is 0.148. The van der Waals surface area contributed by atoms with Crippen LogP contribution in [-0.4, -0.2) is 13.0 Å². The summed E-state index contributed by atoms with van der Waals surface area (Å²) in [4.78, 5) is 24.2. The van der Waals surface area contributed by atoms with Crippen molar-refractivity contribution in [1.82, 2.24) is 5.32 Å². The Kier molecular flexibility index (Phi) is 4.88. The number of benzene rings is 1. The molecule has 0 unspecified atom stereocenters. The van der Waals surface area contributed by atoms with Crippen LogP contribution in [0.1, 0.15) is 23.3 Å². The molecule has 0 spiro atoms. The second-order valence-electron chi connectivity index (χ2n) is 5.71. The average Bonchev–Trinajstić information content (AvgIpc) is 3.12. The van der Waals surface area contributed by atoms with Crippen LogP contribution in [0, 0.1) is 6.92 Å². The SMILES string of the molecule is COc1ccc2c(C)c(CCC(=O)NCc3ccco3)c(=O)oc2c1. The van der Waals surface area contributed by atoms with E-state index in [9.17, 15) is 9.59 Å². The number of furan rings is 1. The van der Waals surface area contributed by atoms with Crippen molar-refractivity contribution >= 4 is 16.9 Å². The number of carbonyl (C=O) groups is 1. The summed E-state index contributed by atoms with van der Waals surface area (Å²) in [6, 6.07) is 8.91. The van der Waals surface area contributed by atoms with E-state index < -0.39 is 5.63 Å². The van der Waals surface area contributed by atoms with Gasteiger partial charge in [0.2, 0.25) is 5.91 Å². The van der Waals surface area contributed by atoms with Crippen LogP contribution in [0.5, 0.6) is 5.75 Å². The van der Waals surface area contributed by atoms with E-state index in [0.717, 1.165) is 10.9 Å². The molecule has 25 heavy (non-hydrogen) atoms. The maximum absolute atomic E-state index is 12.3. The van der Waals surface area contributed by atoms with E-state index in [-0.39, 0.29) is 12.3 Å². The van der Waals surface area contributed by atoms with Gasteiger partial charge in [-0.3, -0.25) is 4.79 Å². The lowest BCUT2D eigenvalue weighted by molar-refractivity contribution is -0.121. The van der Waals surface area contributed by atoms with Crippen molar-refractivity contribution in [3.63, 3.8) is 0 Å². The second kappa shape index (κ2) is 7.25. The third-order valence-electron chi connectivity index (χ3n) is 4.14. The summed E-state index contributed by atoms with van der Waals surface area (Å²) in [5, 5.41) is 3.60. The number of amides is 1. The van der Waals surface area contributed by atoms with E-state index in [2.05, 4.69) is 5.32 Å². The molecule has 1 aromatic carbocycles. The van der Waals surface area contributed by atoms with Gasteiger partial charge in [-0.05, 0) is 43.2 Å². The highest BCUT2D eigenvalue weighted by atomic mass is 16.5. The number of hydrogen-bond acceptors (Lipinski definition) is 5. The summed E-state index contributed by atoms with van der Waals surface area (Å²) in [6.07, 6.45) is 2.08. The summed E-state index contributed by atoms with van der Waals surface area (Å²) in [7, 11) is 1.56. The lowest BCUT2D eigenvalue weighted by Crippen LogP contribution is -2.24. The number of rotatable bonds is 6. The smallest absolute Gasteiger partial charge is 0.339 e. The summed E-state index contributed by atoms with van der Waals surface area (Å²) >= 11 is 0. The third kappa shape index (κ3) is 3.74. The number of fused-ring (bicyclic) bond motifs is 1. The van der Waals surface area contributed by atoms with E-state index in [4.69, 9.17) is 13.6 Å². The molecule has 2 aromatic heterocycles. The number of ether oxygens (including phenoxy) is 1. The zero-order valence-electron chi connectivity index (χ0n) is 14.1. The van der Waals surface area contributed by atoms with Crippen molar-refractivity contribution in [3.8, 4) is 5.75 Å². The third-order valence-corrected chi connectivity index (χ3v) is 4.14. The van der Waals surface area contributed by atoms with Gasteiger partial charge in [0, 0.05) is 23.4 Å². The van der Waals surface area contributed by atoms with Crippen LogP contribution in [0.2, 0.25) is 0 Å². The summed E-state index contributed by atoms with van der Waals surface area (Å²) in [6.45, 7) is 2.19. The highest BCUT2D eigenvalue weighted by Crippen LogP contribution is 2.24. The van der Waals surface area contributed by atoms with Gasteiger partial charge in [0.05, 0.1) is 19.9 Å². The maximum Gasteiger partial charge on any atom is 0.339 e. The number of methoxy groups -OCH3 is 1. The van der Waals surface area contributed by atoms with Gasteiger partial charge in [-0.1, -0.05) is 0 Å². The zero-order valence-corrected chi connectivity index (χ0v) is 14.1. The molecule has 0 radical (unpaired) electrons. The van der Waals surface area contributed by atoms with E-state index in [1.807, 2.05) is 19.1 Å². The number of nitrogens with one attached hydrogen (secondary N) is 1. The molecule has 0 aliphatic carbocycles. The van der Waals surface area contributed by atoms with Gasteiger partial charge in [0.15, 0.2) is 0 Å². The van der Waals surface area contributed by atoms with Crippen LogP contribution in [0.15, 0.2) is 50.2 Å². The minimum atomic E-state index is -0.419. The molecule has 3 rings (SSSR count). The van der Waals surface area contributed by atoms with E-state index in [1.54, 1.807) is 31.6 Å². The second-order valence-corrected chi connectivity index (χ2v) is 5.71. The van der Waals surface area contributed by atoms with Gasteiger partial charge in [-0.2, -0.15) is 0 Å². The molecule has 0 atom stereocenters. The largest absolute Gasteiger partial charge is 0.497 e. The Bertz CT molecular complexity index is 940. The molecule has 6 heteroatoms. The highest BCUT2D eigenvalue weighted by Gasteiger charge is 2.13. The predicted octanol–water partition coefficient (Wildman–Crippen LogP) is 2.95. The van der Waals surface area contributed by atoms with Gasteiger partial charge >= 0.3 is 5.63 Å². The van der Waals surface area contributed by atoms with Crippen molar-refractivity contribution in [2.24, 2.45) is 0 Å². The van der Waals surface area contributed by atoms with Crippen LogP contribution in [0.3, 0.4) is 0 Å². The molecule has 0 saturated heterocycles. The Labute approximate surface area is 144 Å². The molecule has 2 heterocycles. The molecule has 0 saturated carbocycles. The average molecular weight is 341 g/mol. The van der Waals surface area contributed by atoms with Crippen molar-refractivity contribution in [2.45, 2.75) is 26.3 Å². The summed E-state index contributed by atoms with van der Waals surface area (Å²) in [5.74, 6) is 1.16. The molecule has 1 amide bonds. The molecule has 130 valence electrons. The molecular weight excluding hydrogens is 322 g/mol. The van der Waals surface area contributed by atoms with Crippen molar-refractivity contribution in [2.75, 3.05) is 7.11 Å². The first-order valence-corrected chi connectivity index (χ1v) is 7.98. The van der Waals surface area contributed by atoms with Crippen LogP contribution >= 0.6 is 0 Å². The Balaban J connectivity index is 1.72. The van der Waals surface area contributed by atoms with Gasteiger partial charge < -0.3 is 18.9 Å². The van der Waals surface area contributed by atoms with Crippen molar-refractivity contribution < 1.29 is 18.4 Å². The monoisotopic (exact) mass is 341 g/mol. The fourth-order valence-corrected chi connectivity index (χ4v) is 2.72. The van der Waals surface area contributed by atoms with Crippen molar-refractivity contribution in [1.29, 1.82) is 0 Å². The lowest BCUT2D eigenvalue weighted by Gasteiger charge is -2.09. The van der Waals surface area contributed by atoms with Gasteiger partial charge in [0.25, 0.3) is 0 Å². The van der Waals surface area contributed by atoms with Crippen molar-refractivity contribution in [3.05, 3.63) is 63.9 Å². The Morgan fingerprint density at radius 1 is 1.28 bits per heavy atom. The summed E-state index contributed by atoms with van der Waals surface area (Å²) in [5.41, 5.74) is 1.41. The fourth-order valence-electron chi connectivity index (χ4n) is 2.72. The summed E-state index contributed by atoms with van der Waals surface area (Å²) < 4.78 is 15.7. The molecular formula is C19H19NO5. The highest BCUT2D eigenvalue weighted by molar-refractivity contribution is 5.82. The number of hydrogen-bond donors (Lipinski definition) is 1. The van der Waals surface area contributed by atoms with Gasteiger partial charge in [0.1, 0.15) is 17.1 Å². The first-order chi connectivity index (χ1) is 12.1. The molecule has 3 aromatic rings. The molecule has 0 aliphatic heterocycles. The first kappa shape index (κ1) is 16.8. The minimum Gasteiger partial charge on any atom is -0.497 e. The Morgan fingerprint density at radius 2 is 2.12 bits per heavy atom. The Hall–Kier alpha value is -3.02. The lowest BCUT2D eigenvalue weighted by atomic mass is 10.0. The molecule has 0 aliphatic rings. The molecule has 0 fully saturated rings. The standard InChI is InChI=1S/C19H19NO5/c1-12-15-6-5-13(23-2)10-17(15)25-19(22)16(12)7-8-18(21)20-11-14-4-3-9-24-14/h3-6,9-10H,7-8,11H2,1-2H3,(H,20,21). The number of carbonyl (C=O) groups excluding carboxylic acids is 1. The fraction of sp³-hybridized carbons (Fsp3) is 0.263. The van der Waals surface area contributed by atoms with Gasteiger partial charge in [-0.15, -0.1) is 0 Å². The van der Waals surface area contributed by atoms with E-state index in [1.165, 1.54) is 0 Å². The predicted molar refractivity (Wildman–Crippen MR) is 92.6 cm³/mol. The van der Waals surface area contributed by atoms with Gasteiger partial charge in [-0.25, -0.2) is 4.79 Å². The topological polar surface area (TPSA) is 81.7 Å². The normalized spacial score (nSPS) is 10.8. The van der Waals surface area contributed by atoms with E-state index >= 15 is 0 Å². The van der Waals surface area contributed by atoms with Crippen LogP contribution in [0.4, 0.5) is 0 Å². The molecule has 6 nitrogen and oxygen atoms in total. The quantitative estimate of drug-likeness (QED) is 0.697. The number of aryl methyl sites for hydroxylation is 1.